The van der Waals surface area contributed by atoms with Crippen molar-refractivity contribution >= 4 is 17.2 Å². The lowest BCUT2D eigenvalue weighted by atomic mass is 9.76. The molecular weight excluding hydrogens is 268 g/mol. The van der Waals surface area contributed by atoms with Crippen molar-refractivity contribution in [3.8, 4) is 0 Å². The second kappa shape index (κ2) is 5.86. The molecule has 3 N–H and O–H groups in total. The maximum atomic E-state index is 12.4. The van der Waals surface area contributed by atoms with Crippen LogP contribution in [-0.2, 0) is 10.2 Å². The third kappa shape index (κ3) is 3.41. The Morgan fingerprint density at radius 1 is 1.60 bits per heavy atom. The number of hydrogen-bond donors (Lipinski definition) is 2. The molecule has 1 aromatic heterocycles. The lowest BCUT2D eigenvalue weighted by Gasteiger charge is -2.36. The van der Waals surface area contributed by atoms with Crippen LogP contribution in [0.3, 0.4) is 0 Å². The van der Waals surface area contributed by atoms with Gasteiger partial charge in [-0.25, -0.2) is 0 Å². The van der Waals surface area contributed by atoms with E-state index in [1.54, 1.807) is 11.3 Å². The second-order valence-electron chi connectivity index (χ2n) is 6.90. The predicted octanol–water partition coefficient (Wildman–Crippen LogP) is 3.05. The van der Waals surface area contributed by atoms with Crippen LogP contribution in [0.2, 0.25) is 0 Å². The fourth-order valence-electron chi connectivity index (χ4n) is 3.03. The molecule has 1 aromatic rings. The Hall–Kier alpha value is -0.870. The Labute approximate surface area is 125 Å². The van der Waals surface area contributed by atoms with Gasteiger partial charge in [0.25, 0.3) is 0 Å². The van der Waals surface area contributed by atoms with E-state index in [9.17, 15) is 4.79 Å². The Morgan fingerprint density at radius 3 is 2.95 bits per heavy atom. The Morgan fingerprint density at radius 2 is 2.35 bits per heavy atom. The van der Waals surface area contributed by atoms with Gasteiger partial charge in [-0.1, -0.05) is 39.7 Å². The summed E-state index contributed by atoms with van der Waals surface area (Å²) < 4.78 is 0. The number of amides is 1. The first kappa shape index (κ1) is 15.5. The van der Waals surface area contributed by atoms with Crippen LogP contribution in [0.5, 0.6) is 0 Å². The van der Waals surface area contributed by atoms with E-state index >= 15 is 0 Å². The number of carbonyl (C=O) groups is 1. The molecule has 4 heteroatoms. The van der Waals surface area contributed by atoms with Gasteiger partial charge in [0.15, 0.2) is 0 Å². The molecule has 2 unspecified atom stereocenters. The van der Waals surface area contributed by atoms with Crippen LogP contribution in [0.15, 0.2) is 17.5 Å². The Balaban J connectivity index is 1.95. The summed E-state index contributed by atoms with van der Waals surface area (Å²) in [5, 5.41) is 5.16. The third-order valence-electron chi connectivity index (χ3n) is 4.36. The van der Waals surface area contributed by atoms with Crippen LogP contribution in [0, 0.1) is 5.92 Å². The Kier molecular flexibility index (Phi) is 4.55. The van der Waals surface area contributed by atoms with Gasteiger partial charge in [0.05, 0.1) is 5.54 Å². The summed E-state index contributed by atoms with van der Waals surface area (Å²) in [7, 11) is 0. The standard InChI is InChI=1S/C16H26N2OS/c1-12-6-4-8-16(17,10-12)14(19)18-11-15(2,3)13-7-5-9-20-13/h5,7,9,12H,4,6,8,10-11,17H2,1-3H3,(H,18,19). The summed E-state index contributed by atoms with van der Waals surface area (Å²) in [6.07, 6.45) is 3.85. The number of rotatable bonds is 4. The molecule has 0 aliphatic heterocycles. The monoisotopic (exact) mass is 294 g/mol. The highest BCUT2D eigenvalue weighted by Gasteiger charge is 2.38. The molecule has 0 saturated heterocycles. The molecule has 1 fully saturated rings. The first-order chi connectivity index (χ1) is 9.33. The summed E-state index contributed by atoms with van der Waals surface area (Å²) in [5.41, 5.74) is 5.63. The maximum Gasteiger partial charge on any atom is 0.240 e. The van der Waals surface area contributed by atoms with E-state index in [1.807, 2.05) is 0 Å². The molecule has 0 aromatic carbocycles. The second-order valence-corrected chi connectivity index (χ2v) is 7.85. The zero-order valence-electron chi connectivity index (χ0n) is 12.7. The van der Waals surface area contributed by atoms with Gasteiger partial charge in [-0.2, -0.15) is 0 Å². The predicted molar refractivity (Wildman–Crippen MR) is 84.9 cm³/mol. The molecule has 1 aliphatic rings. The Bertz CT molecular complexity index is 455. The highest BCUT2D eigenvalue weighted by atomic mass is 32.1. The number of carbonyl (C=O) groups excluding carboxylic acids is 1. The van der Waals surface area contributed by atoms with Crippen LogP contribution in [0.4, 0.5) is 0 Å². The van der Waals surface area contributed by atoms with Gasteiger partial charge in [0, 0.05) is 16.8 Å². The molecule has 2 rings (SSSR count). The average molecular weight is 294 g/mol. The number of hydrogen-bond acceptors (Lipinski definition) is 3. The van der Waals surface area contributed by atoms with E-state index in [4.69, 9.17) is 5.73 Å². The molecule has 0 spiro atoms. The summed E-state index contributed by atoms with van der Waals surface area (Å²) in [6.45, 7) is 7.14. The third-order valence-corrected chi connectivity index (χ3v) is 5.60. The molecule has 3 nitrogen and oxygen atoms in total. The van der Waals surface area contributed by atoms with Crippen LogP contribution in [-0.4, -0.2) is 18.0 Å². The highest BCUT2D eigenvalue weighted by Crippen LogP contribution is 2.31. The van der Waals surface area contributed by atoms with Crippen LogP contribution in [0.1, 0.15) is 51.3 Å². The van der Waals surface area contributed by atoms with Gasteiger partial charge in [0.1, 0.15) is 0 Å². The van der Waals surface area contributed by atoms with E-state index in [2.05, 4.69) is 43.6 Å². The van der Waals surface area contributed by atoms with Crippen LogP contribution < -0.4 is 11.1 Å². The van der Waals surface area contributed by atoms with Crippen molar-refractivity contribution in [2.24, 2.45) is 11.7 Å². The average Bonchev–Trinajstić information content (AvgIpc) is 2.90. The fraction of sp³-hybridized carbons (Fsp3) is 0.688. The molecule has 112 valence electrons. The van der Waals surface area contributed by atoms with Gasteiger partial charge < -0.3 is 11.1 Å². The first-order valence-corrected chi connectivity index (χ1v) is 8.33. The molecule has 1 saturated carbocycles. The molecule has 20 heavy (non-hydrogen) atoms. The molecule has 2 atom stereocenters. The molecule has 1 heterocycles. The molecule has 0 radical (unpaired) electrons. The lowest BCUT2D eigenvalue weighted by Crippen LogP contribution is -2.57. The SMILES string of the molecule is CC1CCCC(N)(C(=O)NCC(C)(C)c2cccs2)C1. The summed E-state index contributed by atoms with van der Waals surface area (Å²) in [6, 6.07) is 4.18. The van der Waals surface area contributed by atoms with Crippen molar-refractivity contribution in [3.63, 3.8) is 0 Å². The normalized spacial score (nSPS) is 27.3. The molecule has 1 amide bonds. The largest absolute Gasteiger partial charge is 0.354 e. The van der Waals surface area contributed by atoms with Crippen LogP contribution in [0.25, 0.3) is 0 Å². The van der Waals surface area contributed by atoms with E-state index in [0.717, 1.165) is 19.3 Å². The minimum absolute atomic E-state index is 0.0219. The summed E-state index contributed by atoms with van der Waals surface area (Å²) in [4.78, 5) is 13.7. The zero-order valence-corrected chi connectivity index (χ0v) is 13.6. The van der Waals surface area contributed by atoms with Crippen molar-refractivity contribution in [2.75, 3.05) is 6.54 Å². The number of nitrogens with one attached hydrogen (secondary N) is 1. The minimum Gasteiger partial charge on any atom is -0.354 e. The van der Waals surface area contributed by atoms with Crippen molar-refractivity contribution in [3.05, 3.63) is 22.4 Å². The zero-order chi connectivity index (χ0) is 14.8. The van der Waals surface area contributed by atoms with Crippen molar-refractivity contribution in [2.45, 2.75) is 57.4 Å². The lowest BCUT2D eigenvalue weighted by molar-refractivity contribution is -0.128. The van der Waals surface area contributed by atoms with Gasteiger partial charge in [-0.15, -0.1) is 11.3 Å². The van der Waals surface area contributed by atoms with E-state index < -0.39 is 5.54 Å². The van der Waals surface area contributed by atoms with Crippen LogP contribution >= 0.6 is 11.3 Å². The van der Waals surface area contributed by atoms with Gasteiger partial charge in [-0.05, 0) is 30.2 Å². The summed E-state index contributed by atoms with van der Waals surface area (Å²) in [5.74, 6) is 0.568. The van der Waals surface area contributed by atoms with E-state index in [1.165, 1.54) is 11.3 Å². The molecule has 0 bridgehead atoms. The topological polar surface area (TPSA) is 55.1 Å². The minimum atomic E-state index is -0.663. The molecule has 1 aliphatic carbocycles. The van der Waals surface area contributed by atoms with Gasteiger partial charge >= 0.3 is 0 Å². The fourth-order valence-corrected chi connectivity index (χ4v) is 3.88. The molecular formula is C16H26N2OS. The van der Waals surface area contributed by atoms with Crippen molar-refractivity contribution < 1.29 is 4.79 Å². The number of nitrogens with two attached hydrogens (primary N) is 1. The summed E-state index contributed by atoms with van der Waals surface area (Å²) >= 11 is 1.73. The van der Waals surface area contributed by atoms with E-state index in [0.29, 0.717) is 12.5 Å². The van der Waals surface area contributed by atoms with Crippen molar-refractivity contribution in [1.29, 1.82) is 0 Å². The number of thiophene rings is 1. The smallest absolute Gasteiger partial charge is 0.240 e. The highest BCUT2D eigenvalue weighted by molar-refractivity contribution is 7.10. The van der Waals surface area contributed by atoms with Gasteiger partial charge in [0.2, 0.25) is 5.91 Å². The van der Waals surface area contributed by atoms with Crippen molar-refractivity contribution in [1.82, 2.24) is 5.32 Å². The van der Waals surface area contributed by atoms with E-state index in [-0.39, 0.29) is 11.3 Å². The maximum absolute atomic E-state index is 12.4. The first-order valence-electron chi connectivity index (χ1n) is 7.45. The quantitative estimate of drug-likeness (QED) is 0.896. The van der Waals surface area contributed by atoms with Gasteiger partial charge in [-0.3, -0.25) is 4.79 Å².